The first-order valence-corrected chi connectivity index (χ1v) is 36.1. The van der Waals surface area contributed by atoms with Crippen LogP contribution >= 0.6 is 0 Å². The Labute approximate surface area is 494 Å². The van der Waals surface area contributed by atoms with Gasteiger partial charge in [-0.25, -0.2) is 0 Å². The number of ether oxygens (including phenoxy) is 1. The van der Waals surface area contributed by atoms with Crippen molar-refractivity contribution < 1.29 is 24.5 Å². The maximum atomic E-state index is 12.6. The number of esters is 1. The SMILES string of the molecule is CCCCCC/C=C\C/C=C\CCCCCCCCCC(=O)OCCCCCCCCCCCCCCCCCCCCCCCC(=O)NC(CO)C(O)CCCCCCCCCCCCCCCCCCCCCCCCC. The molecule has 0 aromatic rings. The van der Waals surface area contributed by atoms with Gasteiger partial charge in [-0.05, 0) is 57.8 Å². The summed E-state index contributed by atoms with van der Waals surface area (Å²) in [7, 11) is 0. The van der Waals surface area contributed by atoms with Crippen molar-refractivity contribution in [3.63, 3.8) is 0 Å². The summed E-state index contributed by atoms with van der Waals surface area (Å²) in [5.41, 5.74) is 0. The fraction of sp³-hybridized carbons (Fsp3) is 0.918. The van der Waals surface area contributed by atoms with Crippen LogP contribution in [0.25, 0.3) is 0 Å². The molecule has 6 heteroatoms. The molecule has 2 atom stereocenters. The molecule has 6 nitrogen and oxygen atoms in total. The molecule has 0 heterocycles. The number of hydrogen-bond donors (Lipinski definition) is 3. The van der Waals surface area contributed by atoms with Gasteiger partial charge in [0.25, 0.3) is 0 Å². The standard InChI is InChI=1S/C73H141NO5/c1-3-5-7-9-11-13-15-17-19-21-23-24-25-27-30-33-37-41-45-49-53-57-61-65-71(76)70(69-75)74-72(77)66-62-58-54-50-46-42-38-34-31-28-26-29-32-36-40-44-48-52-56-60-64-68-79-73(78)67-63-59-55-51-47-43-39-35-22-20-18-16-14-12-10-8-6-4-2/h14,16,20,22,70-71,75-76H,3-13,15,17-19,21,23-69H2,1-2H3,(H,74,77)/b16-14-,22-20-. The van der Waals surface area contributed by atoms with Gasteiger partial charge in [0.05, 0.1) is 25.4 Å². The lowest BCUT2D eigenvalue weighted by atomic mass is 10.0. The topological polar surface area (TPSA) is 95.9 Å². The second-order valence-corrected chi connectivity index (χ2v) is 24.9. The highest BCUT2D eigenvalue weighted by atomic mass is 16.5. The molecule has 0 aliphatic carbocycles. The quantitative estimate of drug-likeness (QED) is 0.0320. The summed E-state index contributed by atoms with van der Waals surface area (Å²) in [6.07, 6.45) is 86.5. The lowest BCUT2D eigenvalue weighted by Gasteiger charge is -2.22. The molecule has 3 N–H and O–H groups in total. The van der Waals surface area contributed by atoms with Gasteiger partial charge in [-0.15, -0.1) is 0 Å². The van der Waals surface area contributed by atoms with Crippen LogP contribution in [0.3, 0.4) is 0 Å². The predicted molar refractivity (Wildman–Crippen MR) is 347 cm³/mol. The Balaban J connectivity index is 3.38. The van der Waals surface area contributed by atoms with Gasteiger partial charge >= 0.3 is 5.97 Å². The van der Waals surface area contributed by atoms with E-state index in [1.54, 1.807) is 0 Å². The first kappa shape index (κ1) is 77.3. The minimum Gasteiger partial charge on any atom is -0.466 e. The third-order valence-electron chi connectivity index (χ3n) is 17.0. The van der Waals surface area contributed by atoms with Gasteiger partial charge in [-0.3, -0.25) is 9.59 Å². The van der Waals surface area contributed by atoms with E-state index in [1.165, 1.54) is 321 Å². The highest BCUT2D eigenvalue weighted by molar-refractivity contribution is 5.76. The van der Waals surface area contributed by atoms with E-state index >= 15 is 0 Å². The molecule has 0 radical (unpaired) electrons. The van der Waals surface area contributed by atoms with Crippen molar-refractivity contribution in [2.75, 3.05) is 13.2 Å². The predicted octanol–water partition coefficient (Wildman–Crippen LogP) is 23.3. The zero-order valence-corrected chi connectivity index (χ0v) is 53.6. The first-order valence-electron chi connectivity index (χ1n) is 36.1. The van der Waals surface area contributed by atoms with Gasteiger partial charge in [-0.1, -0.05) is 359 Å². The normalized spacial score (nSPS) is 12.6. The summed E-state index contributed by atoms with van der Waals surface area (Å²) < 4.78 is 5.50. The fourth-order valence-electron chi connectivity index (χ4n) is 11.5. The van der Waals surface area contributed by atoms with E-state index < -0.39 is 12.1 Å². The molecule has 79 heavy (non-hydrogen) atoms. The Hall–Kier alpha value is -1.66. The van der Waals surface area contributed by atoms with Crippen LogP contribution in [-0.4, -0.2) is 47.4 Å². The number of aliphatic hydroxyl groups is 2. The van der Waals surface area contributed by atoms with Crippen LogP contribution in [0.15, 0.2) is 24.3 Å². The molecular weight excluding hydrogens is 971 g/mol. The van der Waals surface area contributed by atoms with Crippen LogP contribution in [0.1, 0.15) is 406 Å². The number of hydrogen-bond acceptors (Lipinski definition) is 5. The Morgan fingerprint density at radius 3 is 0.975 bits per heavy atom. The van der Waals surface area contributed by atoms with Crippen molar-refractivity contribution in [1.82, 2.24) is 5.32 Å². The van der Waals surface area contributed by atoms with Crippen LogP contribution in [0.2, 0.25) is 0 Å². The summed E-state index contributed by atoms with van der Waals surface area (Å²) in [5.74, 6) is -0.0254. The number of aliphatic hydroxyl groups excluding tert-OH is 2. The van der Waals surface area contributed by atoms with Gasteiger partial charge in [0.1, 0.15) is 0 Å². The second kappa shape index (κ2) is 68.8. The summed E-state index contributed by atoms with van der Waals surface area (Å²) in [5, 5.41) is 23.4. The zero-order valence-electron chi connectivity index (χ0n) is 53.6. The van der Waals surface area contributed by atoms with Crippen molar-refractivity contribution in [3.05, 3.63) is 24.3 Å². The largest absolute Gasteiger partial charge is 0.466 e. The van der Waals surface area contributed by atoms with E-state index in [9.17, 15) is 19.8 Å². The average molecular weight is 1110 g/mol. The van der Waals surface area contributed by atoms with Crippen molar-refractivity contribution in [1.29, 1.82) is 0 Å². The highest BCUT2D eigenvalue weighted by Gasteiger charge is 2.20. The van der Waals surface area contributed by atoms with E-state index in [0.717, 1.165) is 51.4 Å². The number of allylic oxidation sites excluding steroid dienone is 4. The van der Waals surface area contributed by atoms with Crippen molar-refractivity contribution >= 4 is 11.9 Å². The van der Waals surface area contributed by atoms with Crippen molar-refractivity contribution in [3.8, 4) is 0 Å². The number of carbonyl (C=O) groups is 2. The van der Waals surface area contributed by atoms with Gasteiger partial charge in [0.2, 0.25) is 5.91 Å². The number of carbonyl (C=O) groups excluding carboxylic acids is 2. The Kier molecular flexibility index (Phi) is 67.4. The summed E-state index contributed by atoms with van der Waals surface area (Å²) in [6, 6.07) is -0.544. The monoisotopic (exact) mass is 1110 g/mol. The molecule has 468 valence electrons. The maximum Gasteiger partial charge on any atom is 0.305 e. The smallest absolute Gasteiger partial charge is 0.305 e. The highest BCUT2D eigenvalue weighted by Crippen LogP contribution is 2.19. The molecule has 0 bridgehead atoms. The van der Waals surface area contributed by atoms with Gasteiger partial charge in [-0.2, -0.15) is 0 Å². The van der Waals surface area contributed by atoms with Gasteiger partial charge < -0.3 is 20.3 Å². The zero-order chi connectivity index (χ0) is 57.1. The third kappa shape index (κ3) is 65.4. The number of unbranched alkanes of at least 4 members (excludes halogenated alkanes) is 53. The van der Waals surface area contributed by atoms with E-state index in [0.29, 0.717) is 25.9 Å². The lowest BCUT2D eigenvalue weighted by molar-refractivity contribution is -0.143. The molecule has 0 spiro atoms. The van der Waals surface area contributed by atoms with E-state index in [1.807, 2.05) is 0 Å². The lowest BCUT2D eigenvalue weighted by Crippen LogP contribution is -2.45. The Morgan fingerprint density at radius 2 is 0.633 bits per heavy atom. The van der Waals surface area contributed by atoms with E-state index in [4.69, 9.17) is 4.74 Å². The number of amides is 1. The Bertz CT molecular complexity index is 1230. The van der Waals surface area contributed by atoms with Crippen LogP contribution in [0.5, 0.6) is 0 Å². The fourth-order valence-corrected chi connectivity index (χ4v) is 11.5. The average Bonchev–Trinajstić information content (AvgIpc) is 3.45. The third-order valence-corrected chi connectivity index (χ3v) is 17.0. The molecule has 1 amide bonds. The van der Waals surface area contributed by atoms with Crippen LogP contribution in [0.4, 0.5) is 0 Å². The summed E-state index contributed by atoms with van der Waals surface area (Å²) in [6.45, 7) is 4.97. The molecule has 0 aliphatic rings. The molecular formula is C73H141NO5. The maximum absolute atomic E-state index is 12.6. The number of rotatable bonds is 68. The van der Waals surface area contributed by atoms with Crippen LogP contribution in [0, 0.1) is 0 Å². The van der Waals surface area contributed by atoms with E-state index in [2.05, 4.69) is 43.5 Å². The van der Waals surface area contributed by atoms with Gasteiger partial charge in [0, 0.05) is 12.8 Å². The Morgan fingerprint density at radius 1 is 0.354 bits per heavy atom. The summed E-state index contributed by atoms with van der Waals surface area (Å²) in [4.78, 5) is 24.7. The van der Waals surface area contributed by atoms with Crippen LogP contribution < -0.4 is 5.32 Å². The molecule has 0 aromatic heterocycles. The molecule has 0 aliphatic heterocycles. The summed E-state index contributed by atoms with van der Waals surface area (Å²) >= 11 is 0. The molecule has 0 fully saturated rings. The van der Waals surface area contributed by atoms with Crippen molar-refractivity contribution in [2.45, 2.75) is 418 Å². The molecule has 0 aromatic carbocycles. The minimum absolute atomic E-state index is 0.00586. The number of nitrogens with one attached hydrogen (secondary N) is 1. The molecule has 0 rings (SSSR count). The molecule has 0 saturated heterocycles. The molecule has 2 unspecified atom stereocenters. The van der Waals surface area contributed by atoms with Crippen LogP contribution in [-0.2, 0) is 14.3 Å². The second-order valence-electron chi connectivity index (χ2n) is 24.9. The van der Waals surface area contributed by atoms with E-state index in [-0.39, 0.29) is 18.5 Å². The first-order chi connectivity index (χ1) is 39.0. The van der Waals surface area contributed by atoms with Gasteiger partial charge in [0.15, 0.2) is 0 Å². The minimum atomic E-state index is -0.667. The van der Waals surface area contributed by atoms with Crippen molar-refractivity contribution in [2.24, 2.45) is 0 Å². The molecule has 0 saturated carbocycles.